The summed E-state index contributed by atoms with van der Waals surface area (Å²) in [7, 11) is -3.09. The Morgan fingerprint density at radius 3 is 1.71 bits per heavy atom. The van der Waals surface area contributed by atoms with Gasteiger partial charge in [-0.15, -0.1) is 53.4 Å². The predicted octanol–water partition coefficient (Wildman–Crippen LogP) is 18.2. The summed E-state index contributed by atoms with van der Waals surface area (Å²) in [5.74, 6) is 1.48. The first kappa shape index (κ1) is 53.0. The summed E-state index contributed by atoms with van der Waals surface area (Å²) in [5.41, 5.74) is 17.4. The van der Waals surface area contributed by atoms with Crippen molar-refractivity contribution in [1.29, 1.82) is 0 Å². The fourth-order valence-electron chi connectivity index (χ4n) is 13.0. The van der Waals surface area contributed by atoms with Gasteiger partial charge in [-0.05, 0) is 97.1 Å². The molecule has 5 nitrogen and oxygen atoms in total. The van der Waals surface area contributed by atoms with Crippen LogP contribution in [-0.4, -0.2) is 13.1 Å². The first-order chi connectivity index (χ1) is 42.2. The molecule has 10 aromatic carbocycles. The van der Waals surface area contributed by atoms with E-state index in [0.717, 1.165) is 72.7 Å². The van der Waals surface area contributed by atoms with E-state index < -0.39 is 14.9 Å². The number of benzene rings is 10. The number of ether oxygens (including phenoxy) is 1. The van der Waals surface area contributed by atoms with Crippen LogP contribution in [0.15, 0.2) is 231 Å². The summed E-state index contributed by atoms with van der Waals surface area (Å²) >= 11 is 0. The van der Waals surface area contributed by atoms with Gasteiger partial charge < -0.3 is 19.4 Å². The van der Waals surface area contributed by atoms with E-state index >= 15 is 0 Å². The fourth-order valence-corrected chi connectivity index (χ4v) is 18.5. The number of hydrogen-bond donors (Lipinski definition) is 0. The molecule has 0 saturated heterocycles. The van der Waals surface area contributed by atoms with Crippen LogP contribution in [-0.2, 0) is 37.3 Å². The Hall–Kier alpha value is -8.54. The number of aromatic nitrogens is 1. The number of anilines is 7. The van der Waals surface area contributed by atoms with Crippen molar-refractivity contribution in [2.24, 2.45) is 0 Å². The van der Waals surface area contributed by atoms with E-state index in [-0.39, 0.29) is 42.9 Å². The summed E-state index contributed by atoms with van der Waals surface area (Å²) in [6.07, 6.45) is 1.74. The van der Waals surface area contributed by atoms with Crippen LogP contribution in [0.5, 0.6) is 11.5 Å². The minimum absolute atomic E-state index is 0. The van der Waals surface area contributed by atoms with E-state index in [1.54, 1.807) is 12.3 Å². The molecule has 0 spiro atoms. The largest absolute Gasteiger partial charge is 0.509 e. The van der Waals surface area contributed by atoms with Crippen molar-refractivity contribution < 1.29 is 29.9 Å². The van der Waals surface area contributed by atoms with E-state index in [1.165, 1.54) is 37.8 Å². The normalized spacial score (nSPS) is 15.6. The Bertz CT molecular complexity index is 4500. The van der Waals surface area contributed by atoms with Crippen LogP contribution in [0.3, 0.4) is 0 Å². The maximum atomic E-state index is 9.04. The molecule has 4 heterocycles. The summed E-state index contributed by atoms with van der Waals surface area (Å²) in [5, 5.41) is 4.85. The molecule has 3 aliphatic heterocycles. The molecule has 86 heavy (non-hydrogen) atoms. The minimum Gasteiger partial charge on any atom is -0.509 e. The van der Waals surface area contributed by atoms with Crippen molar-refractivity contribution in [1.82, 2.24) is 4.98 Å². The molecule has 0 saturated carbocycles. The van der Waals surface area contributed by atoms with Crippen molar-refractivity contribution in [3.8, 4) is 56.0 Å². The van der Waals surface area contributed by atoms with E-state index in [2.05, 4.69) is 290 Å². The Morgan fingerprint density at radius 2 is 1.03 bits per heavy atom. The molecule has 7 heteroatoms. The summed E-state index contributed by atoms with van der Waals surface area (Å²) in [4.78, 5) is 11.9. The number of aryl methyl sites for hydroxylation is 1. The van der Waals surface area contributed by atoms with Crippen molar-refractivity contribution >= 4 is 68.8 Å². The molecule has 428 valence electrons. The van der Waals surface area contributed by atoms with Gasteiger partial charge in [-0.2, -0.15) is 6.07 Å². The molecule has 14 rings (SSSR count). The van der Waals surface area contributed by atoms with E-state index in [9.17, 15) is 0 Å². The third kappa shape index (κ3) is 9.53. The SMILES string of the molecule is [2H]C([2H])([2H])c1cc(N2c3[c-]c(Oc4[c-]c(N5[CH-]N(c6c(-c7ccccc7)cccc6-c6cc(C(C)(C)C)cc(C(C)(C)C)c6)c6ccccc65)ccc4)cc4c3[Si](c3ccccc3)(c3ccccc3-4)c3ccccc32)ncc1-c1ccc(C(C)(C)C)cc1.[Pt]. The van der Waals surface area contributed by atoms with E-state index in [0.29, 0.717) is 22.9 Å². The zero-order chi connectivity index (χ0) is 61.1. The molecule has 0 bridgehead atoms. The molecule has 0 aliphatic carbocycles. The number of nitrogens with zero attached hydrogens (tertiary/aromatic N) is 4. The molecule has 3 aliphatic rings. The second-order valence-electron chi connectivity index (χ2n) is 25.9. The van der Waals surface area contributed by atoms with Gasteiger partial charge >= 0.3 is 0 Å². The maximum absolute atomic E-state index is 9.04. The van der Waals surface area contributed by atoms with Crippen LogP contribution in [0.1, 0.15) is 88.7 Å². The number of rotatable bonds is 9. The van der Waals surface area contributed by atoms with Crippen molar-refractivity contribution in [3.63, 3.8) is 0 Å². The molecule has 1 aromatic heterocycles. The first-order valence-corrected chi connectivity index (χ1v) is 31.5. The van der Waals surface area contributed by atoms with Crippen LogP contribution in [0.25, 0.3) is 44.5 Å². The van der Waals surface area contributed by atoms with Crippen LogP contribution in [0.2, 0.25) is 0 Å². The molecular formula is C79H69N4OPtSi-3. The Balaban J connectivity index is 0.00000729. The minimum atomic E-state index is -3.09. The second kappa shape index (κ2) is 21.5. The molecule has 0 radical (unpaired) electrons. The maximum Gasteiger partial charge on any atom is 0.135 e. The monoisotopic (exact) mass is 1320 g/mol. The Morgan fingerprint density at radius 1 is 0.465 bits per heavy atom. The number of para-hydroxylation sites is 4. The van der Waals surface area contributed by atoms with Gasteiger partial charge in [0.05, 0.1) is 0 Å². The van der Waals surface area contributed by atoms with Crippen molar-refractivity contribution in [2.45, 2.75) is 85.4 Å². The van der Waals surface area contributed by atoms with Gasteiger partial charge in [-0.1, -0.05) is 254 Å². The third-order valence-corrected chi connectivity index (χ3v) is 22.3. The molecule has 1 atom stereocenters. The summed E-state index contributed by atoms with van der Waals surface area (Å²) in [6, 6.07) is 87.2. The van der Waals surface area contributed by atoms with Crippen LogP contribution in [0.4, 0.5) is 39.9 Å². The number of fused-ring (bicyclic) bond motifs is 6. The first-order valence-electron chi connectivity index (χ1n) is 31.0. The average Bonchev–Trinajstić information content (AvgIpc) is 1.56. The summed E-state index contributed by atoms with van der Waals surface area (Å²) < 4.78 is 34.3. The fraction of sp³-hybridized carbons (Fsp3) is 0.165. The Kier molecular flexibility index (Phi) is 13.2. The average molecular weight is 1320 g/mol. The zero-order valence-corrected chi connectivity index (χ0v) is 53.3. The topological polar surface area (TPSA) is 31.8 Å². The van der Waals surface area contributed by atoms with Gasteiger partial charge in [0.15, 0.2) is 0 Å². The van der Waals surface area contributed by atoms with Gasteiger partial charge in [-0.25, -0.2) is 4.98 Å². The molecule has 11 aromatic rings. The molecule has 0 fully saturated rings. The number of pyridine rings is 1. The van der Waals surface area contributed by atoms with Crippen LogP contribution < -0.4 is 40.2 Å². The Labute approximate surface area is 528 Å². The van der Waals surface area contributed by atoms with Gasteiger partial charge in [0.25, 0.3) is 0 Å². The predicted molar refractivity (Wildman–Crippen MR) is 358 cm³/mol. The van der Waals surface area contributed by atoms with Gasteiger partial charge in [-0.3, -0.25) is 0 Å². The second-order valence-corrected chi connectivity index (χ2v) is 29.6. The van der Waals surface area contributed by atoms with E-state index in [4.69, 9.17) is 13.8 Å². The third-order valence-electron chi connectivity index (χ3n) is 17.4. The van der Waals surface area contributed by atoms with Crippen molar-refractivity contribution in [3.05, 3.63) is 272 Å². The van der Waals surface area contributed by atoms with Crippen LogP contribution >= 0.6 is 0 Å². The van der Waals surface area contributed by atoms with Crippen molar-refractivity contribution in [2.75, 3.05) is 14.7 Å². The van der Waals surface area contributed by atoms with Gasteiger partial charge in [0.2, 0.25) is 0 Å². The molecule has 0 amide bonds. The van der Waals surface area contributed by atoms with Gasteiger partial charge in [0, 0.05) is 82.3 Å². The quantitative estimate of drug-likeness (QED) is 0.106. The van der Waals surface area contributed by atoms with E-state index in [1.807, 2.05) is 24.3 Å². The molecule has 1 unspecified atom stereocenters. The zero-order valence-electron chi connectivity index (χ0n) is 53.0. The molecular weight excluding hydrogens is 1240 g/mol. The molecule has 0 N–H and O–H groups in total. The standard InChI is InChI=1S/C79H69N4OSi.Pt/c1-52-43-74(80-50-67(52)54-39-41-56(42-40-54)77(2,3)4)83-70-36-20-22-38-73(70)85(62-29-15-12-16-30-62)72-37-21-17-31-65(72)66-48-61(49-71(83)76(66)85)84-60-28-23-27-59(47-60)81-51-82(69-35-19-18-34-68(69)81)75-63(53-25-13-11-14-26-53)32-24-33-64(75)55-44-57(78(5,6)7)46-58(45-55)79(8,9)10;/h11-46,48,50-51H,1-10H3;/q-3;/i1D3;. The van der Waals surface area contributed by atoms with Crippen LogP contribution in [0, 0.1) is 25.7 Å². The van der Waals surface area contributed by atoms with Gasteiger partial charge in [0.1, 0.15) is 13.9 Å². The smallest absolute Gasteiger partial charge is 0.135 e. The number of hydrogen-bond acceptors (Lipinski definition) is 5. The summed E-state index contributed by atoms with van der Waals surface area (Å²) in [6.45, 7) is 20.0.